The number of hydrogen-bond acceptors (Lipinski definition) is 2. The molecule has 0 aliphatic heterocycles. The molecular weight excluding hydrogens is 172 g/mol. The van der Waals surface area contributed by atoms with E-state index >= 15 is 0 Å². The minimum Gasteiger partial charge on any atom is -0.152 e. The van der Waals surface area contributed by atoms with Gasteiger partial charge in [0.1, 0.15) is 0 Å². The standard InChI is InChI=1S/C9H10S2/c10-7-4-8-11-9-5-2-1-3-6-9/h1-7,10H,8H2. The molecule has 11 heavy (non-hydrogen) atoms. The normalized spacial score (nSPS) is 10.6. The Morgan fingerprint density at radius 1 is 1.27 bits per heavy atom. The number of thiol groups is 1. The molecule has 1 rings (SSSR count). The Labute approximate surface area is 77.1 Å². The van der Waals surface area contributed by atoms with Crippen molar-refractivity contribution in [3.05, 3.63) is 41.8 Å². The lowest BCUT2D eigenvalue weighted by atomic mass is 10.4. The van der Waals surface area contributed by atoms with E-state index in [9.17, 15) is 0 Å². The van der Waals surface area contributed by atoms with Crippen LogP contribution in [-0.4, -0.2) is 5.75 Å². The average molecular weight is 182 g/mol. The smallest absolute Gasteiger partial charge is 0.0168 e. The van der Waals surface area contributed by atoms with Gasteiger partial charge in [-0.05, 0) is 17.5 Å². The summed E-state index contributed by atoms with van der Waals surface area (Å²) in [4.78, 5) is 1.30. The highest BCUT2D eigenvalue weighted by molar-refractivity contribution is 7.99. The molecule has 0 nitrogen and oxygen atoms in total. The minimum atomic E-state index is 0.994. The summed E-state index contributed by atoms with van der Waals surface area (Å²) >= 11 is 5.78. The Bertz CT molecular complexity index is 216. The summed E-state index contributed by atoms with van der Waals surface area (Å²) in [5.74, 6) is 0.994. The predicted molar refractivity (Wildman–Crippen MR) is 55.3 cm³/mol. The summed E-state index contributed by atoms with van der Waals surface area (Å²) < 4.78 is 0. The molecule has 0 unspecified atom stereocenters. The molecule has 0 amide bonds. The lowest BCUT2D eigenvalue weighted by Crippen LogP contribution is -1.71. The summed E-state index contributed by atoms with van der Waals surface area (Å²) in [5.41, 5.74) is 0. The van der Waals surface area contributed by atoms with Crippen molar-refractivity contribution >= 4 is 24.4 Å². The van der Waals surface area contributed by atoms with Gasteiger partial charge in [0, 0.05) is 10.6 Å². The van der Waals surface area contributed by atoms with Crippen molar-refractivity contribution in [1.29, 1.82) is 0 Å². The quantitative estimate of drug-likeness (QED) is 0.553. The van der Waals surface area contributed by atoms with Crippen molar-refractivity contribution in [2.75, 3.05) is 5.75 Å². The Morgan fingerprint density at radius 2 is 2.00 bits per heavy atom. The van der Waals surface area contributed by atoms with Gasteiger partial charge in [-0.3, -0.25) is 0 Å². The predicted octanol–water partition coefficient (Wildman–Crippen LogP) is 3.22. The van der Waals surface area contributed by atoms with Crippen molar-refractivity contribution in [1.82, 2.24) is 0 Å². The van der Waals surface area contributed by atoms with Crippen molar-refractivity contribution in [3.63, 3.8) is 0 Å². The van der Waals surface area contributed by atoms with Crippen LogP contribution in [0.25, 0.3) is 0 Å². The molecule has 0 aliphatic carbocycles. The van der Waals surface area contributed by atoms with Gasteiger partial charge in [0.15, 0.2) is 0 Å². The largest absolute Gasteiger partial charge is 0.152 e. The first-order valence-corrected chi connectivity index (χ1v) is 4.91. The van der Waals surface area contributed by atoms with Crippen molar-refractivity contribution in [2.24, 2.45) is 0 Å². The second kappa shape index (κ2) is 5.33. The zero-order valence-electron chi connectivity index (χ0n) is 6.10. The van der Waals surface area contributed by atoms with Gasteiger partial charge in [0.2, 0.25) is 0 Å². The fourth-order valence-corrected chi connectivity index (χ4v) is 1.69. The van der Waals surface area contributed by atoms with E-state index in [0.717, 1.165) is 5.75 Å². The highest BCUT2D eigenvalue weighted by atomic mass is 32.2. The zero-order chi connectivity index (χ0) is 7.94. The Hall–Kier alpha value is -0.340. The molecule has 0 saturated heterocycles. The zero-order valence-corrected chi connectivity index (χ0v) is 7.81. The highest BCUT2D eigenvalue weighted by Gasteiger charge is 1.86. The van der Waals surface area contributed by atoms with Gasteiger partial charge in [-0.2, -0.15) is 12.6 Å². The maximum absolute atomic E-state index is 3.97. The average Bonchev–Trinajstić information content (AvgIpc) is 2.07. The first-order valence-electron chi connectivity index (χ1n) is 3.40. The van der Waals surface area contributed by atoms with Gasteiger partial charge in [0.25, 0.3) is 0 Å². The lowest BCUT2D eigenvalue weighted by molar-refractivity contribution is 1.46. The van der Waals surface area contributed by atoms with E-state index in [1.165, 1.54) is 4.90 Å². The van der Waals surface area contributed by atoms with Crippen LogP contribution < -0.4 is 0 Å². The molecule has 0 bridgehead atoms. The molecule has 0 fully saturated rings. The maximum Gasteiger partial charge on any atom is 0.0168 e. The van der Waals surface area contributed by atoms with Crippen molar-refractivity contribution in [3.8, 4) is 0 Å². The van der Waals surface area contributed by atoms with E-state index in [1.54, 1.807) is 5.41 Å². The number of hydrogen-bond donors (Lipinski definition) is 1. The van der Waals surface area contributed by atoms with Crippen molar-refractivity contribution in [2.45, 2.75) is 4.90 Å². The number of benzene rings is 1. The van der Waals surface area contributed by atoms with Crippen LogP contribution in [-0.2, 0) is 0 Å². The van der Waals surface area contributed by atoms with Crippen LogP contribution >= 0.6 is 24.4 Å². The molecule has 0 radical (unpaired) electrons. The SMILES string of the molecule is SC=CCSc1ccccc1. The van der Waals surface area contributed by atoms with Gasteiger partial charge in [-0.1, -0.05) is 24.3 Å². The van der Waals surface area contributed by atoms with E-state index in [1.807, 2.05) is 36.0 Å². The van der Waals surface area contributed by atoms with Crippen LogP contribution in [0.5, 0.6) is 0 Å². The lowest BCUT2D eigenvalue weighted by Gasteiger charge is -1.94. The third kappa shape index (κ3) is 3.54. The second-order valence-corrected chi connectivity index (χ2v) is 3.40. The third-order valence-corrected chi connectivity index (χ3v) is 2.37. The summed E-state index contributed by atoms with van der Waals surface area (Å²) in [6.45, 7) is 0. The summed E-state index contributed by atoms with van der Waals surface area (Å²) in [6.07, 6.45) is 2.03. The van der Waals surface area contributed by atoms with Crippen LogP contribution in [0.1, 0.15) is 0 Å². The molecule has 0 spiro atoms. The van der Waals surface area contributed by atoms with Crippen molar-refractivity contribution < 1.29 is 0 Å². The van der Waals surface area contributed by atoms with Crippen LogP contribution in [0.3, 0.4) is 0 Å². The Morgan fingerprint density at radius 3 is 2.64 bits per heavy atom. The van der Waals surface area contributed by atoms with E-state index in [-0.39, 0.29) is 0 Å². The van der Waals surface area contributed by atoms with Gasteiger partial charge in [0.05, 0.1) is 0 Å². The van der Waals surface area contributed by atoms with E-state index < -0.39 is 0 Å². The molecular formula is C9H10S2. The van der Waals surface area contributed by atoms with Crippen LogP contribution in [0.4, 0.5) is 0 Å². The molecule has 1 aromatic carbocycles. The molecule has 2 heteroatoms. The fraction of sp³-hybridized carbons (Fsp3) is 0.111. The summed E-state index contributed by atoms with van der Waals surface area (Å²) in [7, 11) is 0. The minimum absolute atomic E-state index is 0.994. The van der Waals surface area contributed by atoms with Crippen LogP contribution in [0, 0.1) is 0 Å². The van der Waals surface area contributed by atoms with Gasteiger partial charge in [-0.25, -0.2) is 0 Å². The highest BCUT2D eigenvalue weighted by Crippen LogP contribution is 2.16. The van der Waals surface area contributed by atoms with E-state index in [4.69, 9.17) is 0 Å². The van der Waals surface area contributed by atoms with Gasteiger partial charge in [-0.15, -0.1) is 11.8 Å². The van der Waals surface area contributed by atoms with E-state index in [2.05, 4.69) is 24.8 Å². The number of rotatable bonds is 3. The monoisotopic (exact) mass is 182 g/mol. The third-order valence-electron chi connectivity index (χ3n) is 1.19. The molecule has 1 aromatic rings. The van der Waals surface area contributed by atoms with Crippen LogP contribution in [0.2, 0.25) is 0 Å². The maximum atomic E-state index is 3.97. The molecule has 0 atom stereocenters. The second-order valence-electron chi connectivity index (χ2n) is 2.01. The Kier molecular flexibility index (Phi) is 4.24. The molecule has 0 N–H and O–H groups in total. The first kappa shape index (κ1) is 8.75. The molecule has 0 aliphatic rings. The Balaban J connectivity index is 2.39. The number of thioether (sulfide) groups is 1. The summed E-state index contributed by atoms with van der Waals surface area (Å²) in [6, 6.07) is 10.3. The van der Waals surface area contributed by atoms with E-state index in [0.29, 0.717) is 0 Å². The summed E-state index contributed by atoms with van der Waals surface area (Å²) in [5, 5.41) is 1.77. The van der Waals surface area contributed by atoms with Gasteiger partial charge < -0.3 is 0 Å². The van der Waals surface area contributed by atoms with Crippen LogP contribution in [0.15, 0.2) is 46.7 Å². The fourth-order valence-electron chi connectivity index (χ4n) is 0.704. The van der Waals surface area contributed by atoms with Gasteiger partial charge >= 0.3 is 0 Å². The molecule has 58 valence electrons. The molecule has 0 saturated carbocycles. The first-order chi connectivity index (χ1) is 5.43. The topological polar surface area (TPSA) is 0 Å². The molecule has 0 heterocycles. The molecule has 0 aromatic heterocycles.